The molecular formula is C13H17FN2O3. The lowest BCUT2D eigenvalue weighted by Gasteiger charge is -2.08. The number of carbonyl (C=O) groups excluding carboxylic acids is 2. The van der Waals surface area contributed by atoms with Crippen molar-refractivity contribution >= 4 is 17.5 Å². The number of hydrogen-bond acceptors (Lipinski definition) is 3. The third-order valence-electron chi connectivity index (χ3n) is 2.45. The lowest BCUT2D eigenvalue weighted by Crippen LogP contribution is -2.36. The topological polar surface area (TPSA) is 67.4 Å². The maximum atomic E-state index is 12.9. The number of rotatable bonds is 5. The second kappa shape index (κ2) is 7.48. The van der Waals surface area contributed by atoms with E-state index < -0.39 is 11.8 Å². The largest absolute Gasteiger partial charge is 0.385 e. The number of anilines is 1. The molecule has 0 spiro atoms. The summed E-state index contributed by atoms with van der Waals surface area (Å²) in [4.78, 5) is 23.0. The number of aryl methyl sites for hydroxylation is 1. The summed E-state index contributed by atoms with van der Waals surface area (Å²) in [5, 5.41) is 4.89. The minimum absolute atomic E-state index is 0.364. The van der Waals surface area contributed by atoms with Crippen LogP contribution in [0, 0.1) is 12.7 Å². The van der Waals surface area contributed by atoms with E-state index in [9.17, 15) is 14.0 Å². The van der Waals surface area contributed by atoms with Crippen molar-refractivity contribution in [2.75, 3.05) is 25.6 Å². The highest BCUT2D eigenvalue weighted by Crippen LogP contribution is 2.15. The van der Waals surface area contributed by atoms with Gasteiger partial charge in [0, 0.05) is 25.9 Å². The van der Waals surface area contributed by atoms with Crippen molar-refractivity contribution in [3.05, 3.63) is 29.6 Å². The highest BCUT2D eigenvalue weighted by molar-refractivity contribution is 6.39. The molecule has 0 heterocycles. The van der Waals surface area contributed by atoms with Crippen molar-refractivity contribution in [1.82, 2.24) is 5.32 Å². The molecule has 6 heteroatoms. The molecule has 5 nitrogen and oxygen atoms in total. The van der Waals surface area contributed by atoms with Gasteiger partial charge in [0.2, 0.25) is 0 Å². The van der Waals surface area contributed by atoms with E-state index in [-0.39, 0.29) is 5.82 Å². The Morgan fingerprint density at radius 2 is 2.05 bits per heavy atom. The quantitative estimate of drug-likeness (QED) is 0.623. The first-order valence-electron chi connectivity index (χ1n) is 5.89. The molecule has 104 valence electrons. The van der Waals surface area contributed by atoms with E-state index in [1.807, 2.05) is 0 Å². The van der Waals surface area contributed by atoms with Crippen LogP contribution in [0.15, 0.2) is 18.2 Å². The van der Waals surface area contributed by atoms with Gasteiger partial charge in [-0.15, -0.1) is 0 Å². The van der Waals surface area contributed by atoms with Crippen LogP contribution in [0.3, 0.4) is 0 Å². The normalized spacial score (nSPS) is 10.1. The van der Waals surface area contributed by atoms with Gasteiger partial charge >= 0.3 is 11.8 Å². The second-order valence-electron chi connectivity index (χ2n) is 4.02. The molecule has 1 aromatic carbocycles. The SMILES string of the molecule is COCCCNC(=O)C(=O)Nc1ccc(F)cc1C. The first-order valence-corrected chi connectivity index (χ1v) is 5.89. The van der Waals surface area contributed by atoms with Crippen LogP contribution in [-0.2, 0) is 14.3 Å². The first-order chi connectivity index (χ1) is 9.04. The Hall–Kier alpha value is -1.95. The minimum Gasteiger partial charge on any atom is -0.385 e. The van der Waals surface area contributed by atoms with Crippen molar-refractivity contribution in [3.63, 3.8) is 0 Å². The smallest absolute Gasteiger partial charge is 0.313 e. The Labute approximate surface area is 111 Å². The molecule has 0 fully saturated rings. The first kappa shape index (κ1) is 15.1. The van der Waals surface area contributed by atoms with Crippen LogP contribution in [-0.4, -0.2) is 32.1 Å². The third-order valence-corrected chi connectivity index (χ3v) is 2.45. The van der Waals surface area contributed by atoms with E-state index in [2.05, 4.69) is 10.6 Å². The maximum absolute atomic E-state index is 12.9. The second-order valence-corrected chi connectivity index (χ2v) is 4.02. The van der Waals surface area contributed by atoms with E-state index in [1.54, 1.807) is 14.0 Å². The number of methoxy groups -OCH3 is 1. The van der Waals surface area contributed by atoms with Crippen LogP contribution >= 0.6 is 0 Å². The predicted molar refractivity (Wildman–Crippen MR) is 69.3 cm³/mol. The fraction of sp³-hybridized carbons (Fsp3) is 0.385. The van der Waals surface area contributed by atoms with Crippen LogP contribution in [0.2, 0.25) is 0 Å². The van der Waals surface area contributed by atoms with Gasteiger partial charge in [0.25, 0.3) is 0 Å². The summed E-state index contributed by atoms with van der Waals surface area (Å²) in [6, 6.07) is 3.92. The van der Waals surface area contributed by atoms with Crippen LogP contribution in [0.1, 0.15) is 12.0 Å². The number of halogens is 1. The molecule has 0 aromatic heterocycles. The molecule has 0 saturated carbocycles. The van der Waals surface area contributed by atoms with E-state index in [0.717, 1.165) is 0 Å². The monoisotopic (exact) mass is 268 g/mol. The Bertz CT molecular complexity index is 463. The number of ether oxygens (including phenoxy) is 1. The van der Waals surface area contributed by atoms with Crippen molar-refractivity contribution in [2.24, 2.45) is 0 Å². The van der Waals surface area contributed by atoms with Crippen LogP contribution in [0.5, 0.6) is 0 Å². The number of nitrogens with one attached hydrogen (secondary N) is 2. The van der Waals surface area contributed by atoms with Gasteiger partial charge < -0.3 is 15.4 Å². The zero-order chi connectivity index (χ0) is 14.3. The molecule has 0 aliphatic rings. The van der Waals surface area contributed by atoms with Gasteiger partial charge in [-0.3, -0.25) is 9.59 Å². The summed E-state index contributed by atoms with van der Waals surface area (Å²) < 4.78 is 17.7. The van der Waals surface area contributed by atoms with Gasteiger partial charge in [0.1, 0.15) is 5.82 Å². The van der Waals surface area contributed by atoms with Crippen molar-refractivity contribution in [1.29, 1.82) is 0 Å². The lowest BCUT2D eigenvalue weighted by molar-refractivity contribution is -0.136. The molecule has 2 N–H and O–H groups in total. The standard InChI is InChI=1S/C13H17FN2O3/c1-9-8-10(14)4-5-11(9)16-13(18)12(17)15-6-3-7-19-2/h4-5,8H,3,6-7H2,1-2H3,(H,15,17)(H,16,18). The van der Waals surface area contributed by atoms with Crippen molar-refractivity contribution in [3.8, 4) is 0 Å². The van der Waals surface area contributed by atoms with Crippen molar-refractivity contribution < 1.29 is 18.7 Å². The molecule has 0 radical (unpaired) electrons. The summed E-state index contributed by atoms with van der Waals surface area (Å²) in [6.45, 7) is 2.52. The summed E-state index contributed by atoms with van der Waals surface area (Å²) in [5.41, 5.74) is 0.971. The average molecular weight is 268 g/mol. The Morgan fingerprint density at radius 3 is 2.68 bits per heavy atom. The molecule has 0 aliphatic carbocycles. The third kappa shape index (κ3) is 5.05. The lowest BCUT2D eigenvalue weighted by atomic mass is 10.2. The summed E-state index contributed by atoms with van der Waals surface area (Å²) >= 11 is 0. The number of hydrogen-bond donors (Lipinski definition) is 2. The van der Waals surface area contributed by atoms with E-state index in [4.69, 9.17) is 4.74 Å². The Kier molecular flexibility index (Phi) is 5.95. The zero-order valence-electron chi connectivity index (χ0n) is 11.0. The van der Waals surface area contributed by atoms with Crippen molar-refractivity contribution in [2.45, 2.75) is 13.3 Å². The molecule has 19 heavy (non-hydrogen) atoms. The highest BCUT2D eigenvalue weighted by atomic mass is 19.1. The number of amides is 2. The highest BCUT2D eigenvalue weighted by Gasteiger charge is 2.14. The molecule has 1 rings (SSSR count). The van der Waals surface area contributed by atoms with Gasteiger partial charge in [0.05, 0.1) is 0 Å². The van der Waals surface area contributed by atoms with Gasteiger partial charge in [-0.1, -0.05) is 0 Å². The van der Waals surface area contributed by atoms with Gasteiger partial charge in [-0.25, -0.2) is 4.39 Å². The molecule has 0 aliphatic heterocycles. The van der Waals surface area contributed by atoms with Gasteiger partial charge in [-0.05, 0) is 37.1 Å². The summed E-state index contributed by atoms with van der Waals surface area (Å²) in [6.07, 6.45) is 0.630. The molecule has 1 aromatic rings. The zero-order valence-corrected chi connectivity index (χ0v) is 11.0. The Balaban J connectivity index is 2.47. The molecule has 0 atom stereocenters. The van der Waals surface area contributed by atoms with E-state index in [1.165, 1.54) is 18.2 Å². The Morgan fingerprint density at radius 1 is 1.32 bits per heavy atom. The van der Waals surface area contributed by atoms with Crippen LogP contribution < -0.4 is 10.6 Å². The molecular weight excluding hydrogens is 251 g/mol. The van der Waals surface area contributed by atoms with E-state index >= 15 is 0 Å². The molecule has 2 amide bonds. The summed E-state index contributed by atoms with van der Waals surface area (Å²) in [5.74, 6) is -1.88. The summed E-state index contributed by atoms with van der Waals surface area (Å²) in [7, 11) is 1.56. The fourth-order valence-electron chi connectivity index (χ4n) is 1.45. The minimum atomic E-state index is -0.771. The number of benzene rings is 1. The maximum Gasteiger partial charge on any atom is 0.313 e. The average Bonchev–Trinajstić information content (AvgIpc) is 2.37. The van der Waals surface area contributed by atoms with Gasteiger partial charge in [-0.2, -0.15) is 0 Å². The van der Waals surface area contributed by atoms with Crippen LogP contribution in [0.4, 0.5) is 10.1 Å². The van der Waals surface area contributed by atoms with Crippen LogP contribution in [0.25, 0.3) is 0 Å². The fourth-order valence-corrected chi connectivity index (χ4v) is 1.45. The molecule has 0 saturated heterocycles. The predicted octanol–water partition coefficient (Wildman–Crippen LogP) is 1.23. The van der Waals surface area contributed by atoms with E-state index in [0.29, 0.717) is 30.8 Å². The number of carbonyl (C=O) groups is 2. The van der Waals surface area contributed by atoms with Gasteiger partial charge in [0.15, 0.2) is 0 Å². The molecule has 0 bridgehead atoms. The molecule has 0 unspecified atom stereocenters.